The van der Waals surface area contributed by atoms with E-state index >= 15 is 0 Å². The molecular weight excluding hydrogens is 297 g/mol. The lowest BCUT2D eigenvalue weighted by atomic mass is 10.2. The van der Waals surface area contributed by atoms with Gasteiger partial charge in [-0.25, -0.2) is 0 Å². The van der Waals surface area contributed by atoms with Gasteiger partial charge >= 0.3 is 0 Å². The highest BCUT2D eigenvalue weighted by molar-refractivity contribution is 5.91. The summed E-state index contributed by atoms with van der Waals surface area (Å²) in [7, 11) is 0. The zero-order valence-electron chi connectivity index (χ0n) is 13.0. The minimum atomic E-state index is -0.381. The summed E-state index contributed by atoms with van der Waals surface area (Å²) in [6.45, 7) is 2.20. The number of furan rings is 1. The molecule has 2 aromatic rings. The van der Waals surface area contributed by atoms with Crippen LogP contribution in [0.5, 0.6) is 5.75 Å². The first-order valence-corrected chi connectivity index (χ1v) is 7.47. The first kappa shape index (κ1) is 16.8. The average molecular weight is 317 g/mol. The number of alkyl halides is 1. The lowest BCUT2D eigenvalue weighted by molar-refractivity contribution is -0.116. The van der Waals surface area contributed by atoms with E-state index in [1.165, 1.54) is 6.08 Å². The number of rotatable bonds is 8. The maximum Gasteiger partial charge on any atom is 0.244 e. The zero-order chi connectivity index (χ0) is 16.5. The minimum absolute atomic E-state index is 0.192. The van der Waals surface area contributed by atoms with Crippen LogP contribution < -0.4 is 10.1 Å². The van der Waals surface area contributed by atoms with Crippen molar-refractivity contribution in [2.75, 3.05) is 13.3 Å². The number of nitrogens with one attached hydrogen (secondary N) is 1. The molecule has 0 radical (unpaired) electrons. The Bertz CT molecular complexity index is 647. The van der Waals surface area contributed by atoms with Crippen LogP contribution in [0.2, 0.25) is 0 Å². The van der Waals surface area contributed by atoms with Gasteiger partial charge in [0.2, 0.25) is 5.91 Å². The van der Waals surface area contributed by atoms with Gasteiger partial charge in [-0.15, -0.1) is 0 Å². The lowest BCUT2D eigenvalue weighted by Crippen LogP contribution is -2.19. The molecule has 0 fully saturated rings. The number of benzene rings is 1. The number of ether oxygens (including phenoxy) is 1. The molecule has 0 bridgehead atoms. The topological polar surface area (TPSA) is 51.5 Å². The molecule has 1 aromatic heterocycles. The van der Waals surface area contributed by atoms with Gasteiger partial charge in [0.15, 0.2) is 0 Å². The fraction of sp³-hybridized carbons (Fsp3) is 0.278. The number of carbonyl (C=O) groups is 1. The van der Waals surface area contributed by atoms with Crippen LogP contribution in [-0.4, -0.2) is 19.2 Å². The molecule has 1 N–H and O–H groups in total. The summed E-state index contributed by atoms with van der Waals surface area (Å²) in [5.74, 6) is 2.04. The van der Waals surface area contributed by atoms with Crippen molar-refractivity contribution >= 4 is 12.0 Å². The predicted octanol–water partition coefficient (Wildman–Crippen LogP) is 3.66. The molecule has 0 spiro atoms. The Morgan fingerprint density at radius 2 is 2.04 bits per heavy atom. The van der Waals surface area contributed by atoms with Crippen LogP contribution in [-0.2, 0) is 11.3 Å². The lowest BCUT2D eigenvalue weighted by Gasteiger charge is -2.04. The molecule has 0 saturated carbocycles. The van der Waals surface area contributed by atoms with Gasteiger partial charge in [-0.1, -0.05) is 12.1 Å². The zero-order valence-corrected chi connectivity index (χ0v) is 13.0. The van der Waals surface area contributed by atoms with E-state index in [1.807, 2.05) is 31.2 Å². The molecule has 1 heterocycles. The summed E-state index contributed by atoms with van der Waals surface area (Å²) in [5, 5.41) is 2.75. The van der Waals surface area contributed by atoms with Crippen molar-refractivity contribution in [2.45, 2.75) is 19.9 Å². The molecule has 4 nitrogen and oxygen atoms in total. The predicted molar refractivity (Wildman–Crippen MR) is 86.9 cm³/mol. The molecule has 1 amide bonds. The molecule has 0 atom stereocenters. The van der Waals surface area contributed by atoms with E-state index in [1.54, 1.807) is 18.2 Å². The monoisotopic (exact) mass is 317 g/mol. The largest absolute Gasteiger partial charge is 0.493 e. The third-order valence-corrected chi connectivity index (χ3v) is 3.09. The Balaban J connectivity index is 1.78. The van der Waals surface area contributed by atoms with Gasteiger partial charge in [-0.2, -0.15) is 0 Å². The van der Waals surface area contributed by atoms with Crippen molar-refractivity contribution in [3.8, 4) is 5.75 Å². The van der Waals surface area contributed by atoms with Gasteiger partial charge in [-0.05, 0) is 42.8 Å². The molecule has 2 rings (SSSR count). The minimum Gasteiger partial charge on any atom is -0.493 e. The summed E-state index contributed by atoms with van der Waals surface area (Å²) in [5.41, 5.74) is 0.881. The Labute approximate surface area is 135 Å². The number of hydrogen-bond donors (Lipinski definition) is 1. The van der Waals surface area contributed by atoms with Gasteiger partial charge in [0.25, 0.3) is 0 Å². The number of hydrogen-bond acceptors (Lipinski definition) is 3. The van der Waals surface area contributed by atoms with Crippen molar-refractivity contribution in [1.82, 2.24) is 5.32 Å². The quantitative estimate of drug-likeness (QED) is 0.597. The van der Waals surface area contributed by atoms with Gasteiger partial charge in [0.05, 0.1) is 19.8 Å². The highest BCUT2D eigenvalue weighted by Crippen LogP contribution is 2.13. The molecule has 0 aliphatic rings. The van der Waals surface area contributed by atoms with E-state index in [0.29, 0.717) is 25.3 Å². The number of amides is 1. The van der Waals surface area contributed by atoms with Crippen LogP contribution in [0.4, 0.5) is 4.39 Å². The normalized spacial score (nSPS) is 10.9. The van der Waals surface area contributed by atoms with Crippen LogP contribution in [0.1, 0.15) is 23.5 Å². The second kappa shape index (κ2) is 8.78. The fourth-order valence-corrected chi connectivity index (χ4v) is 1.90. The van der Waals surface area contributed by atoms with Crippen molar-refractivity contribution in [3.05, 3.63) is 59.6 Å². The first-order valence-electron chi connectivity index (χ1n) is 7.47. The summed E-state index contributed by atoms with van der Waals surface area (Å²) >= 11 is 0. The van der Waals surface area contributed by atoms with Crippen LogP contribution in [0.25, 0.3) is 6.08 Å². The van der Waals surface area contributed by atoms with E-state index in [4.69, 9.17) is 9.15 Å². The summed E-state index contributed by atoms with van der Waals surface area (Å²) < 4.78 is 22.7. The summed E-state index contributed by atoms with van der Waals surface area (Å²) in [6, 6.07) is 11.0. The number of aryl methyl sites for hydroxylation is 1. The molecule has 0 aliphatic heterocycles. The highest BCUT2D eigenvalue weighted by atomic mass is 19.1. The van der Waals surface area contributed by atoms with Crippen molar-refractivity contribution in [1.29, 1.82) is 0 Å². The van der Waals surface area contributed by atoms with Crippen LogP contribution in [0.3, 0.4) is 0 Å². The van der Waals surface area contributed by atoms with E-state index in [2.05, 4.69) is 5.32 Å². The molecule has 0 saturated heterocycles. The maximum absolute atomic E-state index is 12.0. The maximum atomic E-state index is 12.0. The SMILES string of the molecule is Cc1ccc(CNC(=O)C=Cc2ccc(OCCCF)cc2)o1. The van der Waals surface area contributed by atoms with E-state index in [0.717, 1.165) is 17.1 Å². The van der Waals surface area contributed by atoms with Crippen molar-refractivity contribution in [3.63, 3.8) is 0 Å². The summed E-state index contributed by atoms with van der Waals surface area (Å²) in [4.78, 5) is 11.7. The van der Waals surface area contributed by atoms with Crippen LogP contribution in [0, 0.1) is 6.92 Å². The summed E-state index contributed by atoms with van der Waals surface area (Å²) in [6.07, 6.45) is 3.57. The molecule has 0 unspecified atom stereocenters. The molecule has 23 heavy (non-hydrogen) atoms. The highest BCUT2D eigenvalue weighted by Gasteiger charge is 2.00. The molecular formula is C18H20FNO3. The second-order valence-electron chi connectivity index (χ2n) is 5.02. The fourth-order valence-electron chi connectivity index (χ4n) is 1.90. The average Bonchev–Trinajstić information content (AvgIpc) is 2.98. The molecule has 122 valence electrons. The van der Waals surface area contributed by atoms with Crippen molar-refractivity contribution in [2.24, 2.45) is 0 Å². The van der Waals surface area contributed by atoms with Crippen LogP contribution >= 0.6 is 0 Å². The number of carbonyl (C=O) groups excluding carboxylic acids is 1. The third kappa shape index (κ3) is 5.98. The Morgan fingerprint density at radius 3 is 2.70 bits per heavy atom. The first-order chi connectivity index (χ1) is 11.2. The molecule has 1 aromatic carbocycles. The third-order valence-electron chi connectivity index (χ3n) is 3.09. The standard InChI is InChI=1S/C18H20FNO3/c1-14-3-7-17(23-14)13-20-18(21)10-6-15-4-8-16(9-5-15)22-12-2-11-19/h3-10H,2,11-13H2,1H3,(H,20,21). The van der Waals surface area contributed by atoms with Gasteiger partial charge in [0.1, 0.15) is 17.3 Å². The van der Waals surface area contributed by atoms with Gasteiger partial charge < -0.3 is 14.5 Å². The Hall–Kier alpha value is -2.56. The Kier molecular flexibility index (Phi) is 6.41. The smallest absolute Gasteiger partial charge is 0.244 e. The molecule has 0 aliphatic carbocycles. The van der Waals surface area contributed by atoms with E-state index in [9.17, 15) is 9.18 Å². The van der Waals surface area contributed by atoms with Crippen molar-refractivity contribution < 1.29 is 18.3 Å². The van der Waals surface area contributed by atoms with Crippen LogP contribution in [0.15, 0.2) is 46.9 Å². The number of halogens is 1. The van der Waals surface area contributed by atoms with E-state index < -0.39 is 0 Å². The van der Waals surface area contributed by atoms with Gasteiger partial charge in [-0.3, -0.25) is 9.18 Å². The van der Waals surface area contributed by atoms with E-state index in [-0.39, 0.29) is 12.6 Å². The molecule has 5 heteroatoms. The van der Waals surface area contributed by atoms with Gasteiger partial charge in [0, 0.05) is 12.5 Å². The Morgan fingerprint density at radius 1 is 1.26 bits per heavy atom. The second-order valence-corrected chi connectivity index (χ2v) is 5.02.